The van der Waals surface area contributed by atoms with Crippen LogP contribution in [0.3, 0.4) is 0 Å². The van der Waals surface area contributed by atoms with Crippen molar-refractivity contribution in [2.75, 3.05) is 18.1 Å². The second-order valence-electron chi connectivity index (χ2n) is 6.36. The largest absolute Gasteiger partial charge is 0.482 e. The van der Waals surface area contributed by atoms with E-state index in [0.29, 0.717) is 29.1 Å². The first-order chi connectivity index (χ1) is 12.8. The Morgan fingerprint density at radius 1 is 1.37 bits per heavy atom. The van der Waals surface area contributed by atoms with Crippen LogP contribution in [0.25, 0.3) is 0 Å². The normalized spacial score (nSPS) is 14.3. The summed E-state index contributed by atoms with van der Waals surface area (Å²) >= 11 is 3.36. The maximum atomic E-state index is 13.0. The Kier molecular flexibility index (Phi) is 5.32. The van der Waals surface area contributed by atoms with Crippen LogP contribution >= 0.6 is 15.9 Å². The number of pyridine rings is 1. The Balaban J connectivity index is 2.00. The van der Waals surface area contributed by atoms with Crippen molar-refractivity contribution in [2.45, 2.75) is 19.9 Å². The zero-order valence-corrected chi connectivity index (χ0v) is 16.7. The first kappa shape index (κ1) is 19.1. The van der Waals surface area contributed by atoms with Crippen molar-refractivity contribution in [2.24, 2.45) is 0 Å². The second kappa shape index (κ2) is 7.52. The molecule has 7 heteroatoms. The van der Waals surface area contributed by atoms with Crippen molar-refractivity contribution in [1.82, 2.24) is 4.57 Å². The van der Waals surface area contributed by atoms with Gasteiger partial charge in [0.05, 0.1) is 11.7 Å². The number of hydrogen-bond donors (Lipinski definition) is 0. The van der Waals surface area contributed by atoms with Crippen LogP contribution in [0, 0.1) is 6.92 Å². The molecule has 0 fully saturated rings. The van der Waals surface area contributed by atoms with Gasteiger partial charge >= 0.3 is 0 Å². The lowest BCUT2D eigenvalue weighted by Gasteiger charge is -2.29. The van der Waals surface area contributed by atoms with Crippen molar-refractivity contribution in [3.05, 3.63) is 69.1 Å². The van der Waals surface area contributed by atoms with E-state index in [0.717, 1.165) is 4.47 Å². The number of hydrogen-bond acceptors (Lipinski definition) is 4. The summed E-state index contributed by atoms with van der Waals surface area (Å²) < 4.78 is 7.57. The predicted molar refractivity (Wildman–Crippen MR) is 107 cm³/mol. The van der Waals surface area contributed by atoms with E-state index in [9.17, 15) is 14.4 Å². The lowest BCUT2D eigenvalue weighted by molar-refractivity contribution is -0.121. The molecule has 0 N–H and O–H groups in total. The second-order valence-corrected chi connectivity index (χ2v) is 7.27. The van der Waals surface area contributed by atoms with Crippen molar-refractivity contribution in [3.63, 3.8) is 0 Å². The zero-order valence-electron chi connectivity index (χ0n) is 15.1. The highest BCUT2D eigenvalue weighted by Crippen LogP contribution is 2.33. The molecule has 1 aromatic carbocycles. The van der Waals surface area contributed by atoms with E-state index in [4.69, 9.17) is 4.74 Å². The summed E-state index contributed by atoms with van der Waals surface area (Å²) in [4.78, 5) is 39.1. The Hall–Kier alpha value is -2.67. The molecule has 1 unspecified atom stereocenters. The first-order valence-corrected chi connectivity index (χ1v) is 9.23. The fourth-order valence-electron chi connectivity index (χ4n) is 3.04. The minimum atomic E-state index is -0.695. The van der Waals surface area contributed by atoms with E-state index in [-0.39, 0.29) is 23.9 Å². The van der Waals surface area contributed by atoms with Crippen LogP contribution < -0.4 is 15.2 Å². The van der Waals surface area contributed by atoms with Gasteiger partial charge in [-0.05, 0) is 54.0 Å². The van der Waals surface area contributed by atoms with Crippen LogP contribution in [-0.4, -0.2) is 29.4 Å². The number of aryl methyl sites for hydroxylation is 1. The van der Waals surface area contributed by atoms with Gasteiger partial charge in [-0.25, -0.2) is 0 Å². The number of anilines is 1. The van der Waals surface area contributed by atoms with E-state index in [1.54, 1.807) is 50.4 Å². The number of amides is 1. The number of Topliss-reactive ketones (excluding diaryl/α,β-unsaturated/α-hetero) is 1. The molecule has 0 bridgehead atoms. The van der Waals surface area contributed by atoms with Gasteiger partial charge in [-0.15, -0.1) is 6.58 Å². The molecule has 1 atom stereocenters. The molecule has 27 heavy (non-hydrogen) atoms. The molecular weight excluding hydrogens is 412 g/mol. The molecule has 2 aromatic rings. The number of ether oxygens (including phenoxy) is 1. The van der Waals surface area contributed by atoms with Gasteiger partial charge in [-0.1, -0.05) is 6.08 Å². The molecule has 2 heterocycles. The monoisotopic (exact) mass is 430 g/mol. The van der Waals surface area contributed by atoms with Crippen molar-refractivity contribution >= 4 is 33.3 Å². The Labute approximate surface area is 165 Å². The number of halogens is 1. The van der Waals surface area contributed by atoms with Gasteiger partial charge in [0.1, 0.15) is 5.75 Å². The molecule has 0 saturated heterocycles. The third-order valence-electron chi connectivity index (χ3n) is 4.48. The summed E-state index contributed by atoms with van der Waals surface area (Å²) in [7, 11) is 0. The van der Waals surface area contributed by atoms with E-state index < -0.39 is 6.04 Å². The number of carbonyl (C=O) groups excluding carboxylic acids is 2. The molecule has 6 nitrogen and oxygen atoms in total. The molecule has 0 radical (unpaired) electrons. The average Bonchev–Trinajstić information content (AvgIpc) is 2.65. The molecular formula is C20H19BrN2O4. The maximum Gasteiger partial charge on any atom is 0.265 e. The van der Waals surface area contributed by atoms with E-state index in [1.807, 2.05) is 0 Å². The van der Waals surface area contributed by atoms with Crippen LogP contribution in [0.1, 0.15) is 28.9 Å². The van der Waals surface area contributed by atoms with Gasteiger partial charge in [0.25, 0.3) is 11.5 Å². The van der Waals surface area contributed by atoms with Crippen molar-refractivity contribution in [1.29, 1.82) is 0 Å². The topological polar surface area (TPSA) is 68.6 Å². The number of carbonyl (C=O) groups is 2. The summed E-state index contributed by atoms with van der Waals surface area (Å²) in [6, 6.07) is 5.97. The van der Waals surface area contributed by atoms with Gasteiger partial charge in [0.2, 0.25) is 0 Å². The first-order valence-electron chi connectivity index (χ1n) is 8.44. The van der Waals surface area contributed by atoms with Crippen LogP contribution in [0.5, 0.6) is 5.75 Å². The minimum absolute atomic E-state index is 0.0444. The predicted octanol–water partition coefficient (Wildman–Crippen LogP) is 3.27. The third-order valence-corrected chi connectivity index (χ3v) is 4.92. The summed E-state index contributed by atoms with van der Waals surface area (Å²) in [6.07, 6.45) is 3.22. The smallest absolute Gasteiger partial charge is 0.265 e. The number of aromatic nitrogens is 1. The van der Waals surface area contributed by atoms with Gasteiger partial charge in [0.15, 0.2) is 12.4 Å². The van der Waals surface area contributed by atoms with Gasteiger partial charge in [-0.2, -0.15) is 0 Å². The van der Waals surface area contributed by atoms with E-state index in [1.165, 1.54) is 9.47 Å². The van der Waals surface area contributed by atoms with Crippen LogP contribution in [-0.2, 0) is 4.79 Å². The molecule has 0 spiro atoms. The molecule has 0 aliphatic carbocycles. The number of benzene rings is 1. The number of nitrogens with zero attached hydrogens (tertiary/aromatic N) is 2. The van der Waals surface area contributed by atoms with Gasteiger partial charge in [-0.3, -0.25) is 14.4 Å². The molecule has 1 aliphatic rings. The molecule has 140 valence electrons. The highest BCUT2D eigenvalue weighted by Gasteiger charge is 2.27. The van der Waals surface area contributed by atoms with Crippen molar-refractivity contribution in [3.8, 4) is 5.75 Å². The van der Waals surface area contributed by atoms with Crippen LogP contribution in [0.4, 0.5) is 5.69 Å². The summed E-state index contributed by atoms with van der Waals surface area (Å²) in [5.41, 5.74) is 1.26. The summed E-state index contributed by atoms with van der Waals surface area (Å²) in [6.45, 7) is 7.33. The maximum absolute atomic E-state index is 13.0. The van der Waals surface area contributed by atoms with Crippen molar-refractivity contribution < 1.29 is 14.3 Å². The fraction of sp³-hybridized carbons (Fsp3) is 0.250. The Morgan fingerprint density at radius 3 is 2.81 bits per heavy atom. The van der Waals surface area contributed by atoms with Gasteiger partial charge < -0.3 is 14.2 Å². The highest BCUT2D eigenvalue weighted by atomic mass is 79.9. The Bertz CT molecular complexity index is 996. The molecule has 1 amide bonds. The van der Waals surface area contributed by atoms with Crippen LogP contribution in [0.15, 0.2) is 52.4 Å². The number of ketones is 1. The fourth-order valence-corrected chi connectivity index (χ4v) is 3.60. The molecule has 0 saturated carbocycles. The van der Waals surface area contributed by atoms with Gasteiger partial charge in [0, 0.05) is 28.3 Å². The SMILES string of the molecule is C=CCN1C(=O)COc2ccc(C(=O)C(C)n3cc(Br)cc(C)c3=O)cc21. The molecule has 3 rings (SSSR count). The van der Waals surface area contributed by atoms with E-state index in [2.05, 4.69) is 22.5 Å². The third kappa shape index (κ3) is 3.60. The quantitative estimate of drug-likeness (QED) is 0.539. The lowest BCUT2D eigenvalue weighted by atomic mass is 10.0. The summed E-state index contributed by atoms with van der Waals surface area (Å²) in [5, 5.41) is 0. The summed E-state index contributed by atoms with van der Waals surface area (Å²) in [5.74, 6) is 0.115. The number of rotatable bonds is 5. The minimum Gasteiger partial charge on any atom is -0.482 e. The molecule has 1 aliphatic heterocycles. The average molecular weight is 431 g/mol. The van der Waals surface area contributed by atoms with Crippen LogP contribution in [0.2, 0.25) is 0 Å². The zero-order chi connectivity index (χ0) is 19.7. The Morgan fingerprint density at radius 2 is 2.11 bits per heavy atom. The lowest BCUT2D eigenvalue weighted by Crippen LogP contribution is -2.39. The van der Waals surface area contributed by atoms with E-state index >= 15 is 0 Å². The molecule has 1 aromatic heterocycles. The number of fused-ring (bicyclic) bond motifs is 1. The standard InChI is InChI=1S/C20H19BrN2O4/c1-4-7-22-16-9-14(5-6-17(16)27-11-18(22)24)19(25)13(3)23-10-15(21)8-12(2)20(23)26/h4-6,8-10,13H,1,7,11H2,2-3H3. The highest BCUT2D eigenvalue weighted by molar-refractivity contribution is 9.10.